The van der Waals surface area contributed by atoms with Gasteiger partial charge in [-0.25, -0.2) is 4.79 Å². The molecule has 0 heterocycles. The van der Waals surface area contributed by atoms with Gasteiger partial charge in [-0.15, -0.1) is 0 Å². The fraction of sp³-hybridized carbons (Fsp3) is 0.667. The van der Waals surface area contributed by atoms with Crippen molar-refractivity contribution in [2.24, 2.45) is 0 Å². The Balaban J connectivity index is 3.00. The molecule has 0 aliphatic carbocycles. The third kappa shape index (κ3) is 3.39. The number of methoxy groups -OCH3 is 1. The topological polar surface area (TPSA) is 35.5 Å². The third-order valence-electron chi connectivity index (χ3n) is 0.339. The molecule has 7 heavy (non-hydrogen) atoms. The molecule has 3 nitrogen and oxygen atoms in total. The molecule has 0 unspecified atom stereocenters. The van der Waals surface area contributed by atoms with Gasteiger partial charge in [0, 0.05) is 0 Å². The molecule has 0 aromatic heterocycles. The molecule has 0 aromatic carbocycles. The Morgan fingerprint density at radius 3 is 2.57 bits per heavy atom. The molecule has 0 amide bonds. The lowest BCUT2D eigenvalue weighted by Crippen LogP contribution is -2.01. The van der Waals surface area contributed by atoms with Gasteiger partial charge in [0.05, 0.1) is 7.11 Å². The predicted octanol–water partition coefficient (Wildman–Crippen LogP) is 0.966. The van der Waals surface area contributed by atoms with E-state index in [1.807, 2.05) is 0 Å². The lowest BCUT2D eigenvalue weighted by atomic mass is 11.3. The number of carbonyl (C=O) groups excluding carboxylic acids is 1. The van der Waals surface area contributed by atoms with Crippen LogP contribution in [0.3, 0.4) is 0 Å². The van der Waals surface area contributed by atoms with Crippen LogP contribution in [0.4, 0.5) is 4.79 Å². The van der Waals surface area contributed by atoms with Crippen LogP contribution in [-0.4, -0.2) is 19.3 Å². The summed E-state index contributed by atoms with van der Waals surface area (Å²) in [6.07, 6.45) is -0.755. The van der Waals surface area contributed by atoms with Crippen LogP contribution in [0.2, 0.25) is 0 Å². The van der Waals surface area contributed by atoms with Crippen LogP contribution in [0.25, 0.3) is 0 Å². The zero-order chi connectivity index (χ0) is 5.70. The lowest BCUT2D eigenvalue weighted by molar-refractivity contribution is 0.0869. The molecule has 0 N–H and O–H groups in total. The molecule has 0 saturated heterocycles. The molecule has 0 aromatic rings. The predicted molar refractivity (Wildman–Crippen MR) is 24.2 cm³/mol. The van der Waals surface area contributed by atoms with Gasteiger partial charge >= 0.3 is 6.16 Å². The Morgan fingerprint density at radius 1 is 1.86 bits per heavy atom. The van der Waals surface area contributed by atoms with E-state index in [2.05, 4.69) is 9.47 Å². The van der Waals surface area contributed by atoms with Gasteiger partial charge in [-0.05, 0) is 0 Å². The fourth-order valence-corrected chi connectivity index (χ4v) is 0.193. The molecule has 0 spiro atoms. The van der Waals surface area contributed by atoms with E-state index >= 15 is 0 Å². The van der Waals surface area contributed by atoms with Gasteiger partial charge in [0.1, 0.15) is 0 Å². The Bertz CT molecular complexity index is 63.2. The van der Waals surface area contributed by atoms with Gasteiger partial charge in [0.15, 0.2) is 6.07 Å². The number of alkyl halides is 1. The number of hydrogen-bond donors (Lipinski definition) is 0. The Morgan fingerprint density at radius 2 is 2.43 bits per heavy atom. The van der Waals surface area contributed by atoms with Gasteiger partial charge in [-0.3, -0.25) is 0 Å². The summed E-state index contributed by atoms with van der Waals surface area (Å²) in [5.41, 5.74) is 0. The van der Waals surface area contributed by atoms with Crippen molar-refractivity contribution in [1.29, 1.82) is 0 Å². The van der Waals surface area contributed by atoms with E-state index in [0.29, 0.717) is 0 Å². The fourth-order valence-electron chi connectivity index (χ4n) is 0.103. The summed E-state index contributed by atoms with van der Waals surface area (Å²) >= 11 is 4.95. The number of carbonyl (C=O) groups is 1. The van der Waals surface area contributed by atoms with Crippen molar-refractivity contribution in [3.8, 4) is 0 Å². The van der Waals surface area contributed by atoms with E-state index in [1.165, 1.54) is 7.11 Å². The minimum atomic E-state index is -0.755. The molecule has 0 rings (SSSR count). The van der Waals surface area contributed by atoms with Crippen molar-refractivity contribution >= 4 is 17.8 Å². The van der Waals surface area contributed by atoms with Gasteiger partial charge in [0.2, 0.25) is 0 Å². The second-order valence-electron chi connectivity index (χ2n) is 0.708. The first-order chi connectivity index (χ1) is 3.31. The Kier molecular flexibility index (Phi) is 3.50. The second kappa shape index (κ2) is 3.74. The smallest absolute Gasteiger partial charge is 0.438 e. The molecular weight excluding hydrogens is 119 g/mol. The normalized spacial score (nSPS) is 7.71. The van der Waals surface area contributed by atoms with E-state index in [9.17, 15) is 4.79 Å². The molecule has 42 valence electrons. The molecule has 0 bridgehead atoms. The summed E-state index contributed by atoms with van der Waals surface area (Å²) in [5.74, 6) is 0. The average molecular weight is 125 g/mol. The summed E-state index contributed by atoms with van der Waals surface area (Å²) in [4.78, 5) is 9.88. The van der Waals surface area contributed by atoms with E-state index in [-0.39, 0.29) is 6.07 Å². The van der Waals surface area contributed by atoms with Crippen LogP contribution in [0, 0.1) is 0 Å². The van der Waals surface area contributed by atoms with Crippen molar-refractivity contribution in [3.63, 3.8) is 0 Å². The van der Waals surface area contributed by atoms with E-state index in [0.717, 1.165) is 0 Å². The summed E-state index contributed by atoms with van der Waals surface area (Å²) in [5, 5.41) is 0. The summed E-state index contributed by atoms with van der Waals surface area (Å²) in [6, 6.07) is -0.160. The van der Waals surface area contributed by atoms with Gasteiger partial charge in [-0.1, -0.05) is 11.6 Å². The first kappa shape index (κ1) is 6.56. The quantitative estimate of drug-likeness (QED) is 0.386. The van der Waals surface area contributed by atoms with Crippen LogP contribution >= 0.6 is 11.6 Å². The highest BCUT2D eigenvalue weighted by molar-refractivity contribution is 6.17. The number of hydrogen-bond acceptors (Lipinski definition) is 3. The van der Waals surface area contributed by atoms with Crippen LogP contribution in [0.5, 0.6) is 0 Å². The average Bonchev–Trinajstić information content (AvgIpc) is 1.68. The van der Waals surface area contributed by atoms with Crippen LogP contribution in [0.1, 0.15) is 0 Å². The maximum atomic E-state index is 9.88. The minimum absolute atomic E-state index is 0.160. The lowest BCUT2D eigenvalue weighted by Gasteiger charge is -1.93. The zero-order valence-corrected chi connectivity index (χ0v) is 4.57. The summed E-state index contributed by atoms with van der Waals surface area (Å²) < 4.78 is 8.14. The van der Waals surface area contributed by atoms with Crippen LogP contribution < -0.4 is 0 Å². The molecule has 0 aliphatic heterocycles. The third-order valence-corrected chi connectivity index (χ3v) is 0.448. The van der Waals surface area contributed by atoms with Gasteiger partial charge in [-0.2, -0.15) is 0 Å². The molecule has 0 fully saturated rings. The molecule has 0 aliphatic rings. The van der Waals surface area contributed by atoms with Gasteiger partial charge < -0.3 is 9.47 Å². The van der Waals surface area contributed by atoms with Crippen molar-refractivity contribution < 1.29 is 14.3 Å². The van der Waals surface area contributed by atoms with Crippen LogP contribution in [0.15, 0.2) is 0 Å². The molecule has 0 atom stereocenters. The Labute approximate surface area is 46.2 Å². The van der Waals surface area contributed by atoms with Crippen molar-refractivity contribution in [3.05, 3.63) is 0 Å². The van der Waals surface area contributed by atoms with Gasteiger partial charge in [0.25, 0.3) is 0 Å². The molecular formula is C3H5ClO3. The maximum absolute atomic E-state index is 9.88. The molecule has 4 heteroatoms. The Hall–Kier alpha value is -0.440. The minimum Gasteiger partial charge on any atom is -0.438 e. The summed E-state index contributed by atoms with van der Waals surface area (Å²) in [7, 11) is 1.22. The SMILES string of the molecule is COC(=O)OCCl. The first-order valence-corrected chi connectivity index (χ1v) is 2.11. The monoisotopic (exact) mass is 124 g/mol. The maximum Gasteiger partial charge on any atom is 0.509 e. The number of ether oxygens (including phenoxy) is 2. The number of rotatable bonds is 1. The summed E-state index contributed by atoms with van der Waals surface area (Å²) in [6.45, 7) is 0. The molecule has 0 saturated carbocycles. The second-order valence-corrected chi connectivity index (χ2v) is 0.926. The zero-order valence-electron chi connectivity index (χ0n) is 3.81. The van der Waals surface area contributed by atoms with Crippen molar-refractivity contribution in [2.75, 3.05) is 13.2 Å². The van der Waals surface area contributed by atoms with Crippen molar-refractivity contribution in [2.45, 2.75) is 0 Å². The van der Waals surface area contributed by atoms with Crippen LogP contribution in [-0.2, 0) is 9.47 Å². The largest absolute Gasteiger partial charge is 0.509 e. The van der Waals surface area contributed by atoms with E-state index < -0.39 is 6.16 Å². The highest BCUT2D eigenvalue weighted by Gasteiger charge is 1.93. The van der Waals surface area contributed by atoms with Crippen molar-refractivity contribution in [1.82, 2.24) is 0 Å². The highest BCUT2D eigenvalue weighted by Crippen LogP contribution is 1.82. The molecule has 0 radical (unpaired) electrons. The standard InChI is InChI=1S/C3H5ClO3/c1-6-3(5)7-2-4/h2H2,1H3. The highest BCUT2D eigenvalue weighted by atomic mass is 35.5. The van der Waals surface area contributed by atoms with E-state index in [4.69, 9.17) is 11.6 Å². The van der Waals surface area contributed by atoms with E-state index in [1.54, 1.807) is 0 Å². The number of halogens is 1. The first-order valence-electron chi connectivity index (χ1n) is 1.58.